The van der Waals surface area contributed by atoms with Gasteiger partial charge in [0.05, 0.1) is 0 Å². The average Bonchev–Trinajstić information content (AvgIpc) is 3.88. The first kappa shape index (κ1) is 51.7. The van der Waals surface area contributed by atoms with E-state index in [1.807, 2.05) is 0 Å². The zero-order chi connectivity index (χ0) is 37.9. The van der Waals surface area contributed by atoms with Crippen molar-refractivity contribution in [1.29, 1.82) is 0 Å². The van der Waals surface area contributed by atoms with Crippen LogP contribution in [0.2, 0.25) is 0 Å². The van der Waals surface area contributed by atoms with Gasteiger partial charge < -0.3 is 24.8 Å². The van der Waals surface area contributed by atoms with Gasteiger partial charge in [0.1, 0.15) is 0 Å². The van der Waals surface area contributed by atoms with E-state index in [0.717, 1.165) is 0 Å². The molecule has 0 aliphatic rings. The molecule has 0 radical (unpaired) electrons. The first-order chi connectivity index (χ1) is 24.3. The SMILES string of the molecule is CC(C)(C)c1cc2ccccc2[cH-]1.CC(C)(C)c1cc2ccccc2[cH-]1.CC(C)(C)c1cc2ccccc2[cH-]1.CC(C)(C)c1cc2ccccc2[cH-]1.[Cl-].[Cl-].[Zr+2].[Zr+2]. The molecule has 0 spiro atoms. The van der Waals surface area contributed by atoms with Crippen molar-refractivity contribution in [3.63, 3.8) is 0 Å². The molecule has 0 aliphatic heterocycles. The Kier molecular flexibility index (Phi) is 19.5. The van der Waals surface area contributed by atoms with Crippen molar-refractivity contribution in [2.45, 2.75) is 105 Å². The topological polar surface area (TPSA) is 0 Å². The monoisotopic (exact) mass is 934 g/mol. The molecular formula is C52H60Cl2Zr2-2. The number of hydrogen-bond donors (Lipinski definition) is 0. The van der Waals surface area contributed by atoms with Crippen LogP contribution in [-0.4, -0.2) is 0 Å². The van der Waals surface area contributed by atoms with Crippen LogP contribution in [0.5, 0.6) is 0 Å². The molecule has 8 aromatic rings. The van der Waals surface area contributed by atoms with E-state index >= 15 is 0 Å². The molecule has 4 heteroatoms. The van der Waals surface area contributed by atoms with Crippen molar-refractivity contribution in [2.24, 2.45) is 0 Å². The standard InChI is InChI=1S/4C13H15.2ClH.2Zr/c4*1-13(2,3)12-8-10-6-4-5-7-11(10)9-12;;;;/h4*4-9H,1-3H3;2*1H;;/q4*-1;;;2*+2/p-2. The molecule has 0 bridgehead atoms. The maximum atomic E-state index is 2.29. The number of rotatable bonds is 0. The summed E-state index contributed by atoms with van der Waals surface area (Å²) >= 11 is 0. The second-order valence-corrected chi connectivity index (χ2v) is 18.5. The normalized spacial score (nSPS) is 11.4. The second-order valence-electron chi connectivity index (χ2n) is 18.5. The van der Waals surface area contributed by atoms with E-state index in [1.54, 1.807) is 0 Å². The summed E-state index contributed by atoms with van der Waals surface area (Å²) in [7, 11) is 0. The van der Waals surface area contributed by atoms with E-state index in [9.17, 15) is 0 Å². The van der Waals surface area contributed by atoms with Crippen molar-refractivity contribution in [2.75, 3.05) is 0 Å². The van der Waals surface area contributed by atoms with Gasteiger partial charge in [-0.2, -0.15) is 24.3 Å². The third kappa shape index (κ3) is 13.9. The number of benzene rings is 4. The fourth-order valence-electron chi connectivity index (χ4n) is 6.33. The molecule has 0 unspecified atom stereocenters. The molecule has 0 fully saturated rings. The van der Waals surface area contributed by atoms with Crippen molar-refractivity contribution in [1.82, 2.24) is 0 Å². The molecule has 8 rings (SSSR count). The van der Waals surface area contributed by atoms with Gasteiger partial charge in [0.15, 0.2) is 0 Å². The maximum absolute atomic E-state index is 2.29. The minimum atomic E-state index is 0. The van der Waals surface area contributed by atoms with Crippen LogP contribution in [0.25, 0.3) is 43.1 Å². The van der Waals surface area contributed by atoms with E-state index in [4.69, 9.17) is 0 Å². The number of hydrogen-bond acceptors (Lipinski definition) is 0. The smallest absolute Gasteiger partial charge is 1.00 e. The quantitative estimate of drug-likeness (QED) is 0.133. The summed E-state index contributed by atoms with van der Waals surface area (Å²) in [5, 5.41) is 10.8. The van der Waals surface area contributed by atoms with Crippen molar-refractivity contribution in [3.8, 4) is 0 Å². The molecule has 8 aromatic carbocycles. The van der Waals surface area contributed by atoms with Crippen LogP contribution in [-0.2, 0) is 74.1 Å². The Labute approximate surface area is 389 Å². The minimum Gasteiger partial charge on any atom is -1.00 e. The Morgan fingerprint density at radius 2 is 0.446 bits per heavy atom. The van der Waals surface area contributed by atoms with E-state index in [2.05, 4.69) is 229 Å². The van der Waals surface area contributed by atoms with Crippen LogP contribution in [0.3, 0.4) is 0 Å². The van der Waals surface area contributed by atoms with Gasteiger partial charge in [-0.1, -0.05) is 107 Å². The predicted octanol–water partition coefficient (Wildman–Crippen LogP) is 9.43. The molecule has 0 atom stereocenters. The van der Waals surface area contributed by atoms with Gasteiger partial charge in [-0.15, -0.1) is 162 Å². The summed E-state index contributed by atoms with van der Waals surface area (Å²) in [6, 6.07) is 52.4. The van der Waals surface area contributed by atoms with Crippen molar-refractivity contribution >= 4 is 43.1 Å². The summed E-state index contributed by atoms with van der Waals surface area (Å²) in [5.74, 6) is 0. The van der Waals surface area contributed by atoms with Crippen LogP contribution < -0.4 is 24.8 Å². The van der Waals surface area contributed by atoms with Crippen molar-refractivity contribution in [3.05, 3.63) is 168 Å². The first-order valence-corrected chi connectivity index (χ1v) is 18.9. The third-order valence-electron chi connectivity index (χ3n) is 9.94. The van der Waals surface area contributed by atoms with Gasteiger partial charge in [-0.3, -0.25) is 0 Å². The molecule has 0 saturated heterocycles. The fourth-order valence-corrected chi connectivity index (χ4v) is 6.33. The second kappa shape index (κ2) is 21.1. The van der Waals surface area contributed by atoms with Crippen LogP contribution >= 0.6 is 0 Å². The van der Waals surface area contributed by atoms with Gasteiger partial charge in [-0.25, -0.2) is 0 Å². The van der Waals surface area contributed by atoms with Gasteiger partial charge >= 0.3 is 52.4 Å². The zero-order valence-corrected chi connectivity index (χ0v) is 42.0. The number of fused-ring (bicyclic) bond motifs is 4. The van der Waals surface area contributed by atoms with Gasteiger partial charge in [0.25, 0.3) is 0 Å². The van der Waals surface area contributed by atoms with Crippen LogP contribution in [0.1, 0.15) is 105 Å². The summed E-state index contributed by atoms with van der Waals surface area (Å²) in [6.07, 6.45) is 0. The third-order valence-corrected chi connectivity index (χ3v) is 9.94. The fraction of sp³-hybridized carbons (Fsp3) is 0.308. The number of halogens is 2. The van der Waals surface area contributed by atoms with Gasteiger partial charge in [0, 0.05) is 0 Å². The summed E-state index contributed by atoms with van der Waals surface area (Å²) in [4.78, 5) is 0. The summed E-state index contributed by atoms with van der Waals surface area (Å²) < 4.78 is 0. The molecule has 0 N–H and O–H groups in total. The molecule has 292 valence electrons. The Balaban J connectivity index is 0.000000365. The molecule has 0 aliphatic carbocycles. The van der Waals surface area contributed by atoms with E-state index in [0.29, 0.717) is 0 Å². The molecule has 0 heterocycles. The van der Waals surface area contributed by atoms with Crippen LogP contribution in [0.15, 0.2) is 146 Å². The summed E-state index contributed by atoms with van der Waals surface area (Å²) in [6.45, 7) is 27.0. The predicted molar refractivity (Wildman–Crippen MR) is 233 cm³/mol. The van der Waals surface area contributed by atoms with E-state index < -0.39 is 0 Å². The molecule has 0 aromatic heterocycles. The molecule has 0 nitrogen and oxygen atoms in total. The Morgan fingerprint density at radius 3 is 0.589 bits per heavy atom. The van der Waals surface area contributed by atoms with Crippen LogP contribution in [0, 0.1) is 0 Å². The summed E-state index contributed by atoms with van der Waals surface area (Å²) in [5.41, 5.74) is 6.75. The Morgan fingerprint density at radius 1 is 0.286 bits per heavy atom. The van der Waals surface area contributed by atoms with E-state index in [1.165, 1.54) is 65.3 Å². The van der Waals surface area contributed by atoms with Gasteiger partial charge in [-0.05, 0) is 21.7 Å². The average molecular weight is 938 g/mol. The minimum absolute atomic E-state index is 0. The van der Waals surface area contributed by atoms with Gasteiger partial charge in [0.2, 0.25) is 0 Å². The molecule has 56 heavy (non-hydrogen) atoms. The first-order valence-electron chi connectivity index (χ1n) is 18.9. The Hall–Kier alpha value is -2.33. The van der Waals surface area contributed by atoms with E-state index in [-0.39, 0.29) is 98.9 Å². The molecular weight excluding hydrogens is 878 g/mol. The largest absolute Gasteiger partial charge is 2.00 e. The maximum Gasteiger partial charge on any atom is 2.00 e. The zero-order valence-electron chi connectivity index (χ0n) is 35.6. The molecule has 0 amide bonds. The Bertz CT molecular complexity index is 1880. The molecule has 0 saturated carbocycles. The van der Waals surface area contributed by atoms with Crippen molar-refractivity contribution < 1.29 is 77.2 Å². The van der Waals surface area contributed by atoms with Crippen LogP contribution in [0.4, 0.5) is 0 Å².